The van der Waals surface area contributed by atoms with E-state index >= 15 is 0 Å². The highest BCUT2D eigenvalue weighted by Crippen LogP contribution is 2.16. The zero-order valence-corrected chi connectivity index (χ0v) is 16.1. The second kappa shape index (κ2) is 9.64. The Labute approximate surface area is 153 Å². The van der Waals surface area contributed by atoms with E-state index in [4.69, 9.17) is 11.6 Å². The van der Waals surface area contributed by atoms with Gasteiger partial charge in [-0.25, -0.2) is 4.98 Å². The minimum Gasteiger partial charge on any atom is -0.356 e. The largest absolute Gasteiger partial charge is 0.356 e. The second-order valence-corrected chi connectivity index (χ2v) is 7.38. The summed E-state index contributed by atoms with van der Waals surface area (Å²) in [5.41, 5.74) is 2.44. The Hall–Kier alpha value is -1.59. The average molecular weight is 365 g/mol. The smallest absolute Gasteiger partial charge is 0.190 e. The molecule has 0 aliphatic carbocycles. The molecule has 0 amide bonds. The quantitative estimate of drug-likeness (QED) is 0.447. The van der Waals surface area contributed by atoms with E-state index in [0.29, 0.717) is 0 Å². The van der Waals surface area contributed by atoms with Gasteiger partial charge in [0.15, 0.2) is 5.96 Å². The SMILES string of the molecule is CN=C(NCCCc1ccc(Cl)cc1)NCCc1nc(C)c(C)s1. The third-order valence-electron chi connectivity index (χ3n) is 3.78. The highest BCUT2D eigenvalue weighted by molar-refractivity contribution is 7.11. The maximum atomic E-state index is 5.90. The van der Waals surface area contributed by atoms with Gasteiger partial charge < -0.3 is 10.6 Å². The van der Waals surface area contributed by atoms with Crippen LogP contribution >= 0.6 is 22.9 Å². The molecule has 0 bridgehead atoms. The minimum absolute atomic E-state index is 0.784. The Bertz CT molecular complexity index is 645. The lowest BCUT2D eigenvalue weighted by Crippen LogP contribution is -2.38. The first-order chi connectivity index (χ1) is 11.6. The summed E-state index contributed by atoms with van der Waals surface area (Å²) >= 11 is 7.67. The Balaban J connectivity index is 1.64. The fraction of sp³-hybridized carbons (Fsp3) is 0.444. The fourth-order valence-corrected chi connectivity index (χ4v) is 3.36. The zero-order chi connectivity index (χ0) is 17.4. The lowest BCUT2D eigenvalue weighted by molar-refractivity contribution is 0.738. The van der Waals surface area contributed by atoms with Gasteiger partial charge in [0.1, 0.15) is 0 Å². The van der Waals surface area contributed by atoms with Crippen LogP contribution in [0.5, 0.6) is 0 Å². The van der Waals surface area contributed by atoms with Gasteiger partial charge in [0, 0.05) is 36.5 Å². The number of hydrogen-bond donors (Lipinski definition) is 2. The number of guanidine groups is 1. The highest BCUT2D eigenvalue weighted by Gasteiger charge is 2.04. The van der Waals surface area contributed by atoms with Crippen molar-refractivity contribution in [3.63, 3.8) is 0 Å². The Kier molecular flexibility index (Phi) is 7.53. The van der Waals surface area contributed by atoms with Crippen molar-refractivity contribution in [2.45, 2.75) is 33.1 Å². The van der Waals surface area contributed by atoms with Crippen molar-refractivity contribution in [1.29, 1.82) is 0 Å². The average Bonchev–Trinajstić information content (AvgIpc) is 2.89. The van der Waals surface area contributed by atoms with Crippen LogP contribution < -0.4 is 10.6 Å². The molecule has 1 heterocycles. The molecule has 0 spiro atoms. The van der Waals surface area contributed by atoms with Crippen LogP contribution in [0, 0.1) is 13.8 Å². The van der Waals surface area contributed by atoms with Crippen LogP contribution in [0.1, 0.15) is 27.6 Å². The van der Waals surface area contributed by atoms with Crippen molar-refractivity contribution in [3.8, 4) is 0 Å². The van der Waals surface area contributed by atoms with E-state index in [-0.39, 0.29) is 0 Å². The zero-order valence-electron chi connectivity index (χ0n) is 14.5. The third kappa shape index (κ3) is 6.13. The first-order valence-corrected chi connectivity index (χ1v) is 9.40. The molecule has 1 aromatic heterocycles. The topological polar surface area (TPSA) is 49.3 Å². The third-order valence-corrected chi connectivity index (χ3v) is 5.16. The van der Waals surface area contributed by atoms with Crippen molar-refractivity contribution >= 4 is 28.9 Å². The Morgan fingerprint density at radius 1 is 1.12 bits per heavy atom. The van der Waals surface area contributed by atoms with Crippen LogP contribution in [-0.4, -0.2) is 31.1 Å². The van der Waals surface area contributed by atoms with Gasteiger partial charge >= 0.3 is 0 Å². The summed E-state index contributed by atoms with van der Waals surface area (Å²) in [6.07, 6.45) is 3.00. The second-order valence-electron chi connectivity index (χ2n) is 5.65. The minimum atomic E-state index is 0.784. The number of aromatic nitrogens is 1. The first-order valence-electron chi connectivity index (χ1n) is 8.20. The maximum Gasteiger partial charge on any atom is 0.190 e. The van der Waals surface area contributed by atoms with E-state index in [0.717, 1.165) is 49.0 Å². The predicted octanol–water partition coefficient (Wildman–Crippen LogP) is 3.75. The molecular weight excluding hydrogens is 340 g/mol. The van der Waals surface area contributed by atoms with Crippen molar-refractivity contribution in [2.75, 3.05) is 20.1 Å². The summed E-state index contributed by atoms with van der Waals surface area (Å²) < 4.78 is 0. The lowest BCUT2D eigenvalue weighted by atomic mass is 10.1. The number of rotatable bonds is 7. The molecule has 0 fully saturated rings. The van der Waals surface area contributed by atoms with Crippen LogP contribution in [0.3, 0.4) is 0 Å². The molecule has 1 aromatic carbocycles. The van der Waals surface area contributed by atoms with Crippen LogP contribution in [0.15, 0.2) is 29.3 Å². The van der Waals surface area contributed by atoms with Gasteiger partial charge in [0.2, 0.25) is 0 Å². The summed E-state index contributed by atoms with van der Waals surface area (Å²) in [5, 5.41) is 8.65. The van der Waals surface area contributed by atoms with E-state index < -0.39 is 0 Å². The number of aryl methyl sites for hydroxylation is 3. The van der Waals surface area contributed by atoms with E-state index in [1.165, 1.54) is 15.4 Å². The molecule has 0 saturated carbocycles. The summed E-state index contributed by atoms with van der Waals surface area (Å²) in [6, 6.07) is 8.03. The molecule has 0 aliphatic rings. The number of aliphatic imine (C=N–C) groups is 1. The number of halogens is 1. The van der Waals surface area contributed by atoms with Gasteiger partial charge in [-0.15, -0.1) is 11.3 Å². The van der Waals surface area contributed by atoms with Crippen LogP contribution in [0.25, 0.3) is 0 Å². The molecule has 6 heteroatoms. The Morgan fingerprint density at radius 3 is 2.46 bits per heavy atom. The predicted molar refractivity (Wildman–Crippen MR) is 104 cm³/mol. The van der Waals surface area contributed by atoms with E-state index in [9.17, 15) is 0 Å². The van der Waals surface area contributed by atoms with Gasteiger partial charge in [0.25, 0.3) is 0 Å². The molecule has 4 nitrogen and oxygen atoms in total. The van der Waals surface area contributed by atoms with Crippen molar-refractivity contribution < 1.29 is 0 Å². The molecule has 24 heavy (non-hydrogen) atoms. The Morgan fingerprint density at radius 2 is 1.83 bits per heavy atom. The molecule has 0 radical (unpaired) electrons. The summed E-state index contributed by atoms with van der Waals surface area (Å²) in [6.45, 7) is 5.90. The lowest BCUT2D eigenvalue weighted by Gasteiger charge is -2.11. The van der Waals surface area contributed by atoms with Crippen LogP contribution in [0.4, 0.5) is 0 Å². The summed E-state index contributed by atoms with van der Waals surface area (Å²) in [7, 11) is 1.80. The van der Waals surface area contributed by atoms with Crippen molar-refractivity contribution in [2.24, 2.45) is 4.99 Å². The van der Waals surface area contributed by atoms with Crippen molar-refractivity contribution in [3.05, 3.63) is 50.4 Å². The van der Waals surface area contributed by atoms with Crippen LogP contribution in [0.2, 0.25) is 5.02 Å². The van der Waals surface area contributed by atoms with Crippen LogP contribution in [-0.2, 0) is 12.8 Å². The van der Waals surface area contributed by atoms with Gasteiger partial charge in [-0.1, -0.05) is 23.7 Å². The number of thiazole rings is 1. The summed E-state index contributed by atoms with van der Waals surface area (Å²) in [4.78, 5) is 10.1. The molecule has 0 aliphatic heterocycles. The van der Waals surface area contributed by atoms with Crippen molar-refractivity contribution in [1.82, 2.24) is 15.6 Å². The maximum absolute atomic E-state index is 5.90. The molecule has 0 unspecified atom stereocenters. The van der Waals surface area contributed by atoms with E-state index in [1.54, 1.807) is 18.4 Å². The van der Waals surface area contributed by atoms with Gasteiger partial charge in [-0.05, 0) is 44.4 Å². The number of nitrogens with one attached hydrogen (secondary N) is 2. The van der Waals surface area contributed by atoms with E-state index in [1.807, 2.05) is 12.1 Å². The van der Waals surface area contributed by atoms with Gasteiger partial charge in [-0.2, -0.15) is 0 Å². The number of nitrogens with zero attached hydrogens (tertiary/aromatic N) is 2. The molecule has 2 aromatic rings. The molecular formula is C18H25ClN4S. The fourth-order valence-electron chi connectivity index (χ4n) is 2.30. The molecule has 2 N–H and O–H groups in total. The van der Waals surface area contributed by atoms with Gasteiger partial charge in [0.05, 0.1) is 10.7 Å². The number of benzene rings is 1. The molecule has 130 valence electrons. The van der Waals surface area contributed by atoms with E-state index in [2.05, 4.69) is 46.6 Å². The summed E-state index contributed by atoms with van der Waals surface area (Å²) in [5.74, 6) is 0.844. The molecule has 0 saturated heterocycles. The van der Waals surface area contributed by atoms with Gasteiger partial charge in [-0.3, -0.25) is 4.99 Å². The first kappa shape index (κ1) is 18.7. The number of hydrogen-bond acceptors (Lipinski definition) is 3. The monoisotopic (exact) mass is 364 g/mol. The normalized spacial score (nSPS) is 11.6. The molecule has 2 rings (SSSR count). The highest BCUT2D eigenvalue weighted by atomic mass is 35.5. The molecule has 0 atom stereocenters. The standard InChI is InChI=1S/C18H25ClN4S/c1-13-14(2)24-17(23-13)10-12-22-18(20-3)21-11-4-5-15-6-8-16(19)9-7-15/h6-9H,4-5,10-12H2,1-3H3,(H2,20,21,22).